The monoisotopic (exact) mass is 412 g/mol. The number of likely N-dealkylation sites (N-methyl/N-ethyl adjacent to an activating group) is 1. The Morgan fingerprint density at radius 2 is 1.86 bits per heavy atom. The third kappa shape index (κ3) is 7.15. The summed E-state index contributed by atoms with van der Waals surface area (Å²) >= 11 is 0. The predicted molar refractivity (Wildman–Crippen MR) is 101 cm³/mol. The Labute approximate surface area is 147 Å². The highest BCUT2D eigenvalue weighted by Gasteiger charge is 2.34. The van der Waals surface area contributed by atoms with E-state index in [-0.39, 0.29) is 29.5 Å². The van der Waals surface area contributed by atoms with Crippen LogP contribution in [0.3, 0.4) is 0 Å². The van der Waals surface area contributed by atoms with Gasteiger partial charge in [-0.25, -0.2) is 0 Å². The van der Waals surface area contributed by atoms with Crippen molar-refractivity contribution in [3.05, 3.63) is 0 Å². The van der Waals surface area contributed by atoms with Gasteiger partial charge in [-0.05, 0) is 39.8 Å². The molecule has 0 aromatic heterocycles. The summed E-state index contributed by atoms with van der Waals surface area (Å²) in [5, 5.41) is 6.73. The summed E-state index contributed by atoms with van der Waals surface area (Å²) < 4.78 is 5.50. The molecule has 1 rings (SSSR count). The number of nitrogens with one attached hydrogen (secondary N) is 2. The van der Waals surface area contributed by atoms with E-state index in [0.29, 0.717) is 5.92 Å². The second kappa shape index (κ2) is 10.6. The fourth-order valence-corrected chi connectivity index (χ4v) is 2.37. The van der Waals surface area contributed by atoms with Gasteiger partial charge < -0.3 is 20.3 Å². The van der Waals surface area contributed by atoms with E-state index in [1.807, 2.05) is 0 Å². The first-order valence-electron chi connectivity index (χ1n) is 7.77. The largest absolute Gasteiger partial charge is 0.381 e. The molecular formula is C15H33IN4O. The van der Waals surface area contributed by atoms with Crippen LogP contribution in [0.15, 0.2) is 4.99 Å². The van der Waals surface area contributed by atoms with Crippen molar-refractivity contribution in [3.8, 4) is 0 Å². The maximum Gasteiger partial charge on any atom is 0.191 e. The summed E-state index contributed by atoms with van der Waals surface area (Å²) in [6.07, 6.45) is 2.10. The Balaban J connectivity index is 0.00000400. The Morgan fingerprint density at radius 1 is 1.24 bits per heavy atom. The molecule has 6 heteroatoms. The van der Waals surface area contributed by atoms with Crippen molar-refractivity contribution in [2.75, 3.05) is 46.9 Å². The van der Waals surface area contributed by atoms with Crippen molar-refractivity contribution >= 4 is 29.9 Å². The topological polar surface area (TPSA) is 48.9 Å². The van der Waals surface area contributed by atoms with Crippen LogP contribution < -0.4 is 10.6 Å². The maximum absolute atomic E-state index is 5.50. The van der Waals surface area contributed by atoms with Crippen LogP contribution in [0.4, 0.5) is 0 Å². The minimum atomic E-state index is 0. The molecule has 0 atom stereocenters. The molecule has 1 fully saturated rings. The van der Waals surface area contributed by atoms with Gasteiger partial charge in [-0.3, -0.25) is 4.99 Å². The number of halogens is 1. The zero-order valence-electron chi connectivity index (χ0n) is 14.2. The quantitative estimate of drug-likeness (QED) is 0.398. The Kier molecular flexibility index (Phi) is 10.6. The lowest BCUT2D eigenvalue weighted by Gasteiger charge is -2.41. The normalized spacial score (nSPS) is 18.5. The molecule has 0 amide bonds. The van der Waals surface area contributed by atoms with Crippen molar-refractivity contribution in [2.45, 2.75) is 39.2 Å². The highest BCUT2D eigenvalue weighted by Crippen LogP contribution is 2.26. The summed E-state index contributed by atoms with van der Waals surface area (Å²) in [5.74, 6) is 1.54. The number of rotatable bonds is 6. The lowest BCUT2D eigenvalue weighted by molar-refractivity contribution is -0.00254. The fourth-order valence-electron chi connectivity index (χ4n) is 2.37. The molecule has 0 saturated carbocycles. The molecule has 0 spiro atoms. The molecular weight excluding hydrogens is 379 g/mol. The highest BCUT2D eigenvalue weighted by molar-refractivity contribution is 14.0. The van der Waals surface area contributed by atoms with Crippen LogP contribution >= 0.6 is 24.0 Å². The standard InChI is InChI=1S/C15H32N4O.HI/c1-6-16-14(17-11-13(2)3)18-12-15(19(4)5)7-9-20-10-8-15;/h13H,6-12H2,1-5H3,(H2,16,17,18);1H. The summed E-state index contributed by atoms with van der Waals surface area (Å²) in [4.78, 5) is 7.11. The van der Waals surface area contributed by atoms with Crippen LogP contribution in [0, 0.1) is 5.92 Å². The van der Waals surface area contributed by atoms with Crippen molar-refractivity contribution in [3.63, 3.8) is 0 Å². The zero-order valence-corrected chi connectivity index (χ0v) is 16.6. The first-order valence-corrected chi connectivity index (χ1v) is 7.77. The molecule has 0 radical (unpaired) electrons. The van der Waals surface area contributed by atoms with Crippen molar-refractivity contribution < 1.29 is 4.74 Å². The molecule has 1 heterocycles. The van der Waals surface area contributed by atoms with Gasteiger partial charge >= 0.3 is 0 Å². The van der Waals surface area contributed by atoms with Crippen LogP contribution in [0.1, 0.15) is 33.6 Å². The van der Waals surface area contributed by atoms with Crippen LogP contribution in [-0.4, -0.2) is 63.3 Å². The van der Waals surface area contributed by atoms with Crippen LogP contribution in [0.5, 0.6) is 0 Å². The number of hydrogen-bond donors (Lipinski definition) is 2. The third-order valence-corrected chi connectivity index (χ3v) is 3.93. The number of hydrogen-bond acceptors (Lipinski definition) is 3. The van der Waals surface area contributed by atoms with Gasteiger partial charge in [-0.1, -0.05) is 13.8 Å². The van der Waals surface area contributed by atoms with Crippen molar-refractivity contribution in [1.29, 1.82) is 0 Å². The molecule has 5 nitrogen and oxygen atoms in total. The maximum atomic E-state index is 5.50. The number of ether oxygens (including phenoxy) is 1. The molecule has 1 saturated heterocycles. The van der Waals surface area contributed by atoms with Gasteiger partial charge in [0.2, 0.25) is 0 Å². The average molecular weight is 412 g/mol. The molecule has 1 aliphatic heterocycles. The van der Waals surface area contributed by atoms with E-state index < -0.39 is 0 Å². The van der Waals surface area contributed by atoms with Gasteiger partial charge in [0.25, 0.3) is 0 Å². The van der Waals surface area contributed by atoms with E-state index in [1.54, 1.807) is 0 Å². The number of guanidine groups is 1. The molecule has 0 unspecified atom stereocenters. The summed E-state index contributed by atoms with van der Waals surface area (Å²) in [6.45, 7) is 10.8. The molecule has 21 heavy (non-hydrogen) atoms. The van der Waals surface area contributed by atoms with E-state index in [1.165, 1.54) is 0 Å². The van der Waals surface area contributed by atoms with Gasteiger partial charge in [-0.2, -0.15) is 0 Å². The Morgan fingerprint density at radius 3 is 2.33 bits per heavy atom. The van der Waals surface area contributed by atoms with Gasteiger partial charge in [0.05, 0.1) is 6.54 Å². The second-order valence-corrected chi connectivity index (χ2v) is 6.20. The molecule has 0 aromatic rings. The Bertz CT molecular complexity index is 302. The first-order chi connectivity index (χ1) is 9.50. The van der Waals surface area contributed by atoms with Gasteiger partial charge in [-0.15, -0.1) is 24.0 Å². The second-order valence-electron chi connectivity index (χ2n) is 6.20. The summed E-state index contributed by atoms with van der Waals surface area (Å²) in [7, 11) is 4.30. The number of aliphatic imine (C=N–C) groups is 1. The van der Waals surface area contributed by atoms with Crippen LogP contribution in [-0.2, 0) is 4.74 Å². The Hall–Kier alpha value is -0.0800. The lowest BCUT2D eigenvalue weighted by atomic mass is 9.89. The smallest absolute Gasteiger partial charge is 0.191 e. The first kappa shape index (κ1) is 20.9. The number of nitrogens with zero attached hydrogens (tertiary/aromatic N) is 2. The van der Waals surface area contributed by atoms with Crippen molar-refractivity contribution in [2.24, 2.45) is 10.9 Å². The minimum Gasteiger partial charge on any atom is -0.381 e. The van der Waals surface area contributed by atoms with Crippen molar-refractivity contribution in [1.82, 2.24) is 15.5 Å². The van der Waals surface area contributed by atoms with E-state index in [9.17, 15) is 0 Å². The SMILES string of the molecule is CCNC(=NCC1(N(C)C)CCOCC1)NCC(C)C.I. The summed E-state index contributed by atoms with van der Waals surface area (Å²) in [5.41, 5.74) is 0.137. The van der Waals surface area contributed by atoms with E-state index in [4.69, 9.17) is 9.73 Å². The third-order valence-electron chi connectivity index (χ3n) is 3.93. The minimum absolute atomic E-state index is 0. The molecule has 0 aliphatic carbocycles. The average Bonchev–Trinajstić information content (AvgIpc) is 2.42. The van der Waals surface area contributed by atoms with Crippen LogP contribution in [0.25, 0.3) is 0 Å². The van der Waals surface area contributed by atoms with Gasteiger partial charge in [0, 0.05) is 31.8 Å². The molecule has 1 aliphatic rings. The molecule has 0 aromatic carbocycles. The van der Waals surface area contributed by atoms with Crippen LogP contribution in [0.2, 0.25) is 0 Å². The predicted octanol–water partition coefficient (Wildman–Crippen LogP) is 1.93. The molecule has 0 bridgehead atoms. The van der Waals surface area contributed by atoms with Gasteiger partial charge in [0.15, 0.2) is 5.96 Å². The van der Waals surface area contributed by atoms with E-state index >= 15 is 0 Å². The zero-order chi connectivity index (χ0) is 15.0. The van der Waals surface area contributed by atoms with E-state index in [2.05, 4.69) is 50.4 Å². The fraction of sp³-hybridized carbons (Fsp3) is 0.933. The molecule has 2 N–H and O–H groups in total. The summed E-state index contributed by atoms with van der Waals surface area (Å²) in [6, 6.07) is 0. The van der Waals surface area contributed by atoms with Gasteiger partial charge in [0.1, 0.15) is 0 Å². The van der Waals surface area contributed by atoms with E-state index in [0.717, 1.165) is 51.6 Å². The highest BCUT2D eigenvalue weighted by atomic mass is 127. The molecule has 126 valence electrons. The lowest BCUT2D eigenvalue weighted by Crippen LogP contribution is -2.51.